The topological polar surface area (TPSA) is 78.1 Å². The van der Waals surface area contributed by atoms with E-state index in [0.29, 0.717) is 13.1 Å². The molecule has 142 valence electrons. The number of imidazole rings is 1. The maximum Gasteiger partial charge on any atom is 0.226 e. The highest BCUT2D eigenvalue weighted by Crippen LogP contribution is 2.33. The summed E-state index contributed by atoms with van der Waals surface area (Å²) < 4.78 is 0. The average molecular weight is 366 g/mol. The molecule has 0 unspecified atom stereocenters. The van der Waals surface area contributed by atoms with Crippen LogP contribution in [0.2, 0.25) is 0 Å². The molecule has 0 spiro atoms. The zero-order valence-corrected chi connectivity index (χ0v) is 15.7. The molecule has 1 saturated carbocycles. The first kappa shape index (κ1) is 17.8. The Labute approximate surface area is 159 Å². The van der Waals surface area contributed by atoms with E-state index in [-0.39, 0.29) is 23.7 Å². The predicted molar refractivity (Wildman–Crippen MR) is 103 cm³/mol. The van der Waals surface area contributed by atoms with Crippen molar-refractivity contribution >= 4 is 11.8 Å². The van der Waals surface area contributed by atoms with Gasteiger partial charge in [0.1, 0.15) is 5.82 Å². The summed E-state index contributed by atoms with van der Waals surface area (Å²) in [6.45, 7) is 1.22. The third kappa shape index (κ3) is 3.48. The minimum Gasteiger partial charge on any atom is -0.359 e. The molecule has 27 heavy (non-hydrogen) atoms. The lowest BCUT2D eigenvalue weighted by Crippen LogP contribution is -2.46. The number of nitrogens with one attached hydrogen (secondary N) is 2. The fourth-order valence-electron chi connectivity index (χ4n) is 4.37. The molecule has 2 aliphatic rings. The molecule has 2 aromatic rings. The Morgan fingerprint density at radius 3 is 2.63 bits per heavy atom. The van der Waals surface area contributed by atoms with E-state index in [2.05, 4.69) is 10.3 Å². The van der Waals surface area contributed by atoms with Crippen LogP contribution < -0.4 is 5.32 Å². The van der Waals surface area contributed by atoms with E-state index in [1.165, 1.54) is 0 Å². The highest BCUT2D eigenvalue weighted by molar-refractivity contribution is 5.88. The Hall–Kier alpha value is -2.63. The normalized spacial score (nSPS) is 22.2. The first-order valence-corrected chi connectivity index (χ1v) is 9.81. The molecule has 1 aromatic carbocycles. The van der Waals surface area contributed by atoms with Crippen molar-refractivity contribution in [1.29, 1.82) is 0 Å². The average Bonchev–Trinajstić information content (AvgIpc) is 3.16. The second-order valence-corrected chi connectivity index (χ2v) is 7.50. The van der Waals surface area contributed by atoms with Gasteiger partial charge in [0.25, 0.3) is 0 Å². The van der Waals surface area contributed by atoms with Gasteiger partial charge < -0.3 is 15.2 Å². The quantitative estimate of drug-likeness (QED) is 0.876. The second kappa shape index (κ2) is 7.55. The number of aromatic amines is 1. The van der Waals surface area contributed by atoms with Crippen molar-refractivity contribution in [2.75, 3.05) is 13.6 Å². The smallest absolute Gasteiger partial charge is 0.226 e. The zero-order chi connectivity index (χ0) is 18.8. The van der Waals surface area contributed by atoms with Crippen molar-refractivity contribution in [3.63, 3.8) is 0 Å². The number of aromatic nitrogens is 2. The van der Waals surface area contributed by atoms with Crippen molar-refractivity contribution in [2.24, 2.45) is 11.8 Å². The Bertz CT molecular complexity index is 830. The van der Waals surface area contributed by atoms with Gasteiger partial charge in [0.15, 0.2) is 0 Å². The molecule has 2 atom stereocenters. The van der Waals surface area contributed by atoms with Crippen LogP contribution in [0.4, 0.5) is 0 Å². The maximum absolute atomic E-state index is 13.2. The molecule has 4 rings (SSSR count). The van der Waals surface area contributed by atoms with E-state index in [1.54, 1.807) is 7.05 Å². The molecule has 2 N–H and O–H groups in total. The van der Waals surface area contributed by atoms with Gasteiger partial charge in [-0.15, -0.1) is 0 Å². The largest absolute Gasteiger partial charge is 0.359 e. The fraction of sp³-hybridized carbons (Fsp3) is 0.476. The Morgan fingerprint density at radius 2 is 1.89 bits per heavy atom. The molecule has 1 aromatic heterocycles. The van der Waals surface area contributed by atoms with Gasteiger partial charge in [-0.3, -0.25) is 9.59 Å². The molecule has 6 heteroatoms. The molecule has 6 nitrogen and oxygen atoms in total. The summed E-state index contributed by atoms with van der Waals surface area (Å²) in [5, 5.41) is 2.73. The number of fused-ring (bicyclic) bond motifs is 1. The van der Waals surface area contributed by atoms with Crippen molar-refractivity contribution in [3.05, 3.63) is 41.7 Å². The van der Waals surface area contributed by atoms with Crippen LogP contribution in [-0.4, -0.2) is 40.3 Å². The van der Waals surface area contributed by atoms with Crippen LogP contribution in [0.25, 0.3) is 11.4 Å². The molecule has 1 aliphatic carbocycles. The number of carbonyl (C=O) groups excluding carboxylic acids is 2. The van der Waals surface area contributed by atoms with Crippen LogP contribution in [0.3, 0.4) is 0 Å². The number of hydrogen-bond acceptors (Lipinski definition) is 3. The first-order valence-electron chi connectivity index (χ1n) is 9.81. The van der Waals surface area contributed by atoms with Crippen LogP contribution in [0.5, 0.6) is 0 Å². The van der Waals surface area contributed by atoms with Crippen LogP contribution in [0, 0.1) is 11.8 Å². The van der Waals surface area contributed by atoms with Gasteiger partial charge in [0.05, 0.1) is 17.9 Å². The zero-order valence-electron chi connectivity index (χ0n) is 15.7. The summed E-state index contributed by atoms with van der Waals surface area (Å²) in [6.07, 6.45) is 4.40. The Balaban J connectivity index is 1.51. The highest BCUT2D eigenvalue weighted by atomic mass is 16.2. The minimum atomic E-state index is -0.197. The third-order valence-electron chi connectivity index (χ3n) is 5.86. The standard InChI is InChI=1S/C21H26N4O2/c1-22-20(26)15-9-5-6-10-16(15)21(27)25-12-11-17-18(13-25)24-19(23-17)14-7-3-2-4-8-14/h2-4,7-8,15-16H,5-6,9-13H2,1H3,(H,22,26)(H,23,24)/t15-,16+/m1/s1. The van der Waals surface area contributed by atoms with Gasteiger partial charge in [0.2, 0.25) is 11.8 Å². The van der Waals surface area contributed by atoms with E-state index in [4.69, 9.17) is 4.98 Å². The van der Waals surface area contributed by atoms with Crippen molar-refractivity contribution < 1.29 is 9.59 Å². The molecule has 0 bridgehead atoms. The van der Waals surface area contributed by atoms with Crippen LogP contribution in [0.15, 0.2) is 30.3 Å². The third-order valence-corrected chi connectivity index (χ3v) is 5.86. The number of H-pyrrole nitrogens is 1. The number of rotatable bonds is 3. The van der Waals surface area contributed by atoms with Gasteiger partial charge in [0, 0.05) is 37.4 Å². The molecular formula is C21H26N4O2. The molecule has 2 amide bonds. The predicted octanol–water partition coefficient (Wildman–Crippen LogP) is 2.51. The summed E-state index contributed by atoms with van der Waals surface area (Å²) >= 11 is 0. The van der Waals surface area contributed by atoms with Gasteiger partial charge in [-0.05, 0) is 12.8 Å². The lowest BCUT2D eigenvalue weighted by atomic mass is 9.77. The Kier molecular flexibility index (Phi) is 4.97. The SMILES string of the molecule is CNC(=O)[C@@H]1CCCC[C@@H]1C(=O)N1CCc2nc(-c3ccccc3)[nH]c2C1. The molecule has 0 radical (unpaired) electrons. The van der Waals surface area contributed by atoms with Gasteiger partial charge in [-0.1, -0.05) is 43.2 Å². The molecule has 2 heterocycles. The minimum absolute atomic E-state index is 0.00125. The van der Waals surface area contributed by atoms with Crippen molar-refractivity contribution in [3.8, 4) is 11.4 Å². The van der Waals surface area contributed by atoms with Gasteiger partial charge in [-0.2, -0.15) is 0 Å². The summed E-state index contributed by atoms with van der Waals surface area (Å²) in [6, 6.07) is 10.0. The second-order valence-electron chi connectivity index (χ2n) is 7.50. The monoisotopic (exact) mass is 366 g/mol. The molecule has 1 aliphatic heterocycles. The Morgan fingerprint density at radius 1 is 1.15 bits per heavy atom. The first-order chi connectivity index (χ1) is 13.2. The number of nitrogens with zero attached hydrogens (tertiary/aromatic N) is 2. The molecule has 1 fully saturated rings. The number of amides is 2. The summed E-state index contributed by atoms with van der Waals surface area (Å²) in [5.41, 5.74) is 3.11. The fourth-order valence-corrected chi connectivity index (χ4v) is 4.37. The van der Waals surface area contributed by atoms with Crippen LogP contribution >= 0.6 is 0 Å². The van der Waals surface area contributed by atoms with E-state index in [1.807, 2.05) is 35.2 Å². The lowest BCUT2D eigenvalue weighted by molar-refractivity contribution is -0.144. The van der Waals surface area contributed by atoms with Crippen molar-refractivity contribution in [2.45, 2.75) is 38.6 Å². The number of benzene rings is 1. The summed E-state index contributed by atoms with van der Waals surface area (Å²) in [4.78, 5) is 35.4. The summed E-state index contributed by atoms with van der Waals surface area (Å²) in [5.74, 6) is 0.579. The number of hydrogen-bond donors (Lipinski definition) is 2. The van der Waals surface area contributed by atoms with E-state index < -0.39 is 0 Å². The number of carbonyl (C=O) groups is 2. The van der Waals surface area contributed by atoms with E-state index in [9.17, 15) is 9.59 Å². The van der Waals surface area contributed by atoms with Crippen LogP contribution in [-0.2, 0) is 22.6 Å². The molecule has 0 saturated heterocycles. The maximum atomic E-state index is 13.2. The van der Waals surface area contributed by atoms with Gasteiger partial charge >= 0.3 is 0 Å². The van der Waals surface area contributed by atoms with Crippen molar-refractivity contribution in [1.82, 2.24) is 20.2 Å². The van der Waals surface area contributed by atoms with Crippen LogP contribution in [0.1, 0.15) is 37.1 Å². The summed E-state index contributed by atoms with van der Waals surface area (Å²) in [7, 11) is 1.65. The lowest BCUT2D eigenvalue weighted by Gasteiger charge is -2.35. The highest BCUT2D eigenvalue weighted by Gasteiger charge is 2.38. The van der Waals surface area contributed by atoms with Gasteiger partial charge in [-0.25, -0.2) is 4.98 Å². The van der Waals surface area contributed by atoms with E-state index in [0.717, 1.165) is 54.9 Å². The molecular weight excluding hydrogens is 340 g/mol. The van der Waals surface area contributed by atoms with E-state index >= 15 is 0 Å².